The van der Waals surface area contributed by atoms with Gasteiger partial charge in [-0.2, -0.15) is 14.0 Å². The average Bonchev–Trinajstić information content (AvgIpc) is 3.71. The van der Waals surface area contributed by atoms with Gasteiger partial charge in [0.25, 0.3) is 5.56 Å². The molecule has 3 heterocycles. The molecule has 1 unspecified atom stereocenters. The van der Waals surface area contributed by atoms with Gasteiger partial charge in [-0.1, -0.05) is 36.8 Å². The van der Waals surface area contributed by atoms with Crippen LogP contribution in [0.15, 0.2) is 47.3 Å². The normalized spacial score (nSPS) is 25.2. The third kappa shape index (κ3) is 5.01. The number of hydrogen-bond acceptors (Lipinski definition) is 6. The number of nitrogens with one attached hydrogen (secondary N) is 1. The largest absolute Gasteiger partial charge is 0.383 e. The van der Waals surface area contributed by atoms with Gasteiger partial charge in [0.2, 0.25) is 0 Å². The molecule has 1 aliphatic carbocycles. The second-order valence-corrected chi connectivity index (χ2v) is 11.4. The second-order valence-electron chi connectivity index (χ2n) is 11.4. The highest BCUT2D eigenvalue weighted by Crippen LogP contribution is 2.47. The number of anilines is 1. The molecule has 2 aromatic heterocycles. The first-order chi connectivity index (χ1) is 19.0. The molecule has 5 rings (SSSR count). The van der Waals surface area contributed by atoms with Crippen LogP contribution in [0.3, 0.4) is 0 Å². The third-order valence-electron chi connectivity index (χ3n) is 8.25. The van der Waals surface area contributed by atoms with Crippen LogP contribution < -0.4 is 10.9 Å². The van der Waals surface area contributed by atoms with E-state index in [-0.39, 0.29) is 17.5 Å². The Hall–Kier alpha value is -3.64. The molecule has 40 heavy (non-hydrogen) atoms. The summed E-state index contributed by atoms with van der Waals surface area (Å²) in [5.41, 5.74) is -1.95. The summed E-state index contributed by atoms with van der Waals surface area (Å²) < 4.78 is 32.8. The number of alkyl halides is 2. The number of fused-ring (bicyclic) bond motifs is 2. The Kier molecular flexibility index (Phi) is 7.26. The molecular weight excluding hydrogens is 512 g/mol. The summed E-state index contributed by atoms with van der Waals surface area (Å²) >= 11 is 0. The highest BCUT2D eigenvalue weighted by atomic mass is 19.3. The quantitative estimate of drug-likeness (QED) is 0.352. The van der Waals surface area contributed by atoms with Crippen LogP contribution in [0.2, 0.25) is 0 Å². The zero-order valence-electron chi connectivity index (χ0n) is 23.2. The van der Waals surface area contributed by atoms with Crippen LogP contribution in [0.4, 0.5) is 14.6 Å². The van der Waals surface area contributed by atoms with Crippen molar-refractivity contribution in [3.05, 3.63) is 75.4 Å². The summed E-state index contributed by atoms with van der Waals surface area (Å²) in [6.07, 6.45) is 7.55. The standard InChI is InChI=1S/C31H35F2N5O2/c1-20-22-11-10-12-23(17-22)31(32,33)29(3,40)13-8-6-4-5-7-9-16-38-27-24(26(35-20)36-21(2)37-27)18-25(28(38)39)30(19-34)14-15-30/h6,8,10-12,17-18,20,40H,4-5,7,9,13-16H2,1-3H3,(H,35,36,37)/b8-6-/t20-,29?/m1/s1. The Balaban J connectivity index is 1.66. The van der Waals surface area contributed by atoms with E-state index in [0.29, 0.717) is 59.6 Å². The molecule has 2 aliphatic rings. The number of rotatable bonds is 1. The molecule has 1 aromatic carbocycles. The topological polar surface area (TPSA) is 104 Å². The summed E-state index contributed by atoms with van der Waals surface area (Å²) in [7, 11) is 0. The van der Waals surface area contributed by atoms with Gasteiger partial charge in [0.1, 0.15) is 22.9 Å². The van der Waals surface area contributed by atoms with Crippen molar-refractivity contribution >= 4 is 16.9 Å². The fourth-order valence-electron chi connectivity index (χ4n) is 5.45. The van der Waals surface area contributed by atoms with Crippen LogP contribution in [0.5, 0.6) is 0 Å². The van der Waals surface area contributed by atoms with E-state index >= 15 is 8.78 Å². The minimum Gasteiger partial charge on any atom is -0.383 e. The van der Waals surface area contributed by atoms with Crippen LogP contribution >= 0.6 is 0 Å². The van der Waals surface area contributed by atoms with E-state index < -0.39 is 23.0 Å². The predicted octanol–water partition coefficient (Wildman–Crippen LogP) is 6.19. The van der Waals surface area contributed by atoms with Gasteiger partial charge < -0.3 is 10.4 Å². The van der Waals surface area contributed by atoms with Crippen molar-refractivity contribution in [3.8, 4) is 6.07 Å². The highest BCUT2D eigenvalue weighted by molar-refractivity contribution is 5.88. The molecule has 6 bridgehead atoms. The lowest BCUT2D eigenvalue weighted by Gasteiger charge is -2.32. The van der Waals surface area contributed by atoms with Crippen LogP contribution in [-0.4, -0.2) is 25.2 Å². The van der Waals surface area contributed by atoms with Crippen molar-refractivity contribution in [2.75, 3.05) is 5.32 Å². The molecule has 7 nitrogen and oxygen atoms in total. The number of halogens is 2. The zero-order chi connectivity index (χ0) is 28.7. The highest BCUT2D eigenvalue weighted by Gasteiger charge is 2.50. The predicted molar refractivity (Wildman–Crippen MR) is 150 cm³/mol. The van der Waals surface area contributed by atoms with Crippen LogP contribution in [0.25, 0.3) is 11.0 Å². The summed E-state index contributed by atoms with van der Waals surface area (Å²) in [5.74, 6) is -2.53. The Labute approximate surface area is 232 Å². The van der Waals surface area contributed by atoms with E-state index in [1.807, 2.05) is 13.0 Å². The number of pyridine rings is 1. The van der Waals surface area contributed by atoms with E-state index in [9.17, 15) is 15.2 Å². The lowest BCUT2D eigenvalue weighted by molar-refractivity contribution is -0.176. The lowest BCUT2D eigenvalue weighted by atomic mass is 9.87. The maximum Gasteiger partial charge on any atom is 0.301 e. The van der Waals surface area contributed by atoms with Gasteiger partial charge in [0, 0.05) is 30.1 Å². The summed E-state index contributed by atoms with van der Waals surface area (Å²) in [4.78, 5) is 23.0. The summed E-state index contributed by atoms with van der Waals surface area (Å²) in [6, 6.07) is 9.72. The van der Waals surface area contributed by atoms with Gasteiger partial charge >= 0.3 is 5.92 Å². The van der Waals surface area contributed by atoms with Gasteiger partial charge in [0.15, 0.2) is 0 Å². The molecule has 0 spiro atoms. The van der Waals surface area contributed by atoms with Crippen molar-refractivity contribution in [2.45, 2.75) is 95.2 Å². The van der Waals surface area contributed by atoms with Gasteiger partial charge in [-0.25, -0.2) is 9.97 Å². The maximum atomic E-state index is 15.6. The van der Waals surface area contributed by atoms with Crippen LogP contribution in [0.1, 0.15) is 87.3 Å². The molecule has 0 saturated heterocycles. The third-order valence-corrected chi connectivity index (χ3v) is 8.25. The molecule has 1 saturated carbocycles. The SMILES string of the molecule is Cc1nc2c3cc(C4(C#N)CC4)c(=O)n(c3n1)CCCCC/C=C\CC(C)(O)C(F)(F)c1cccc(c1)[C@@H](C)N2. The van der Waals surface area contributed by atoms with Gasteiger partial charge in [0.05, 0.1) is 16.9 Å². The smallest absolute Gasteiger partial charge is 0.301 e. The fourth-order valence-corrected chi connectivity index (χ4v) is 5.45. The summed E-state index contributed by atoms with van der Waals surface area (Å²) in [5, 5.41) is 24.7. The molecular formula is C31H35F2N5O2. The number of benzene rings is 1. The number of aryl methyl sites for hydroxylation is 2. The summed E-state index contributed by atoms with van der Waals surface area (Å²) in [6.45, 7) is 5.21. The first kappa shape index (κ1) is 27.9. The number of aliphatic hydroxyl groups is 1. The molecule has 0 radical (unpaired) electrons. The van der Waals surface area contributed by atoms with E-state index in [1.54, 1.807) is 35.8 Å². The van der Waals surface area contributed by atoms with Gasteiger partial charge in [-0.15, -0.1) is 0 Å². The molecule has 3 aromatic rings. The van der Waals surface area contributed by atoms with Crippen molar-refractivity contribution in [2.24, 2.45) is 0 Å². The van der Waals surface area contributed by atoms with Crippen molar-refractivity contribution in [1.29, 1.82) is 5.26 Å². The minimum atomic E-state index is -3.48. The van der Waals surface area contributed by atoms with Crippen molar-refractivity contribution in [3.63, 3.8) is 0 Å². The first-order valence-corrected chi connectivity index (χ1v) is 14.0. The number of hydrogen-bond donors (Lipinski definition) is 2. The van der Waals surface area contributed by atoms with Gasteiger partial charge in [-0.05, 0) is 70.6 Å². The fraction of sp³-hybridized carbons (Fsp3) is 0.484. The molecule has 210 valence electrons. The van der Waals surface area contributed by atoms with Crippen LogP contribution in [-0.2, 0) is 17.9 Å². The number of allylic oxidation sites excluding steroid dienone is 1. The van der Waals surface area contributed by atoms with E-state index in [0.717, 1.165) is 19.3 Å². The Bertz CT molecular complexity index is 1570. The van der Waals surface area contributed by atoms with Crippen LogP contribution in [0, 0.1) is 18.3 Å². The van der Waals surface area contributed by atoms with Crippen molar-refractivity contribution in [1.82, 2.24) is 14.5 Å². The first-order valence-electron chi connectivity index (χ1n) is 14.0. The molecule has 2 atom stereocenters. The molecule has 1 fully saturated rings. The van der Waals surface area contributed by atoms with Gasteiger partial charge in [-0.3, -0.25) is 9.36 Å². The zero-order valence-corrected chi connectivity index (χ0v) is 23.2. The molecule has 9 heteroatoms. The van der Waals surface area contributed by atoms with Crippen molar-refractivity contribution < 1.29 is 13.9 Å². The maximum absolute atomic E-state index is 15.6. The molecule has 1 aliphatic heterocycles. The Morgan fingerprint density at radius 1 is 1.15 bits per heavy atom. The van der Waals surface area contributed by atoms with E-state index in [2.05, 4.69) is 21.4 Å². The molecule has 2 N–H and O–H groups in total. The number of nitrogens with zero attached hydrogens (tertiary/aromatic N) is 4. The Morgan fingerprint density at radius 3 is 2.65 bits per heavy atom. The number of aromatic nitrogens is 3. The average molecular weight is 548 g/mol. The van der Waals surface area contributed by atoms with E-state index in [1.165, 1.54) is 19.1 Å². The number of nitriles is 1. The molecule has 0 amide bonds. The lowest BCUT2D eigenvalue weighted by Crippen LogP contribution is -2.42. The monoisotopic (exact) mass is 547 g/mol. The minimum absolute atomic E-state index is 0.181. The van der Waals surface area contributed by atoms with E-state index in [4.69, 9.17) is 0 Å². The Morgan fingerprint density at radius 2 is 1.93 bits per heavy atom. The second kappa shape index (κ2) is 10.4.